The van der Waals surface area contributed by atoms with Gasteiger partial charge in [0, 0.05) is 53.9 Å². The van der Waals surface area contributed by atoms with E-state index >= 15 is 8.78 Å². The lowest BCUT2D eigenvalue weighted by Gasteiger charge is -2.31. The first-order chi connectivity index (χ1) is 24.3. The molecule has 0 unspecified atom stereocenters. The van der Waals surface area contributed by atoms with Crippen molar-refractivity contribution >= 4 is 61.1 Å². The molecule has 268 valence electrons. The van der Waals surface area contributed by atoms with Gasteiger partial charge in [-0.3, -0.25) is 10.1 Å². The molecule has 4 aromatic rings. The molecule has 51 heavy (non-hydrogen) atoms. The monoisotopic (exact) mass is 718 g/mol. The molecule has 2 aromatic heterocycles. The fraction of sp³-hybridized carbons (Fsp3) is 0.472. The molecule has 2 atom stereocenters. The van der Waals surface area contributed by atoms with Crippen molar-refractivity contribution in [2.24, 2.45) is 0 Å². The van der Waals surface area contributed by atoms with Gasteiger partial charge in [0.15, 0.2) is 5.82 Å². The van der Waals surface area contributed by atoms with Gasteiger partial charge in [0.1, 0.15) is 39.9 Å². The zero-order valence-corrected chi connectivity index (χ0v) is 30.3. The second kappa shape index (κ2) is 13.2. The molecule has 2 saturated heterocycles. The molecule has 2 N–H and O–H groups in total. The molecule has 2 amide bonds. The number of piperidine rings is 1. The largest absolute Gasteiger partial charge is 0.444 e. The molecular weight excluding hydrogens is 679 g/mol. The van der Waals surface area contributed by atoms with E-state index in [0.717, 1.165) is 24.2 Å². The van der Waals surface area contributed by atoms with E-state index in [0.29, 0.717) is 59.0 Å². The summed E-state index contributed by atoms with van der Waals surface area (Å²) in [5.74, 6) is -1.01. The molecule has 0 saturated carbocycles. The van der Waals surface area contributed by atoms with Crippen LogP contribution in [0.15, 0.2) is 12.1 Å². The Morgan fingerprint density at radius 2 is 1.88 bits per heavy atom. The van der Waals surface area contributed by atoms with Gasteiger partial charge in [-0.25, -0.2) is 18.6 Å². The number of carbonyl (C=O) groups is 2. The number of hydrogen-bond acceptors (Lipinski definition) is 11. The Morgan fingerprint density at radius 1 is 1.12 bits per heavy atom. The lowest BCUT2D eigenvalue weighted by Crippen LogP contribution is -2.45. The second-order valence-corrected chi connectivity index (χ2v) is 15.6. The fourth-order valence-electron chi connectivity index (χ4n) is 7.20. The first kappa shape index (κ1) is 34.8. The fourth-order valence-corrected chi connectivity index (χ4v) is 8.25. The minimum Gasteiger partial charge on any atom is -0.444 e. The zero-order valence-electron chi connectivity index (χ0n) is 29.4. The number of benzene rings is 2. The SMILES string of the molecule is CN1CCC[C@@H](Nc2nc(N3CC[C@H](N(C)C)C3)nc3c(F)c(-c4c(F)ccc5sc(NC(=O)OC(C)(C)C)c(C#N)c45)c4c(c23)COC4)C1=O. The highest BCUT2D eigenvalue weighted by Gasteiger charge is 2.35. The van der Waals surface area contributed by atoms with E-state index in [-0.39, 0.29) is 57.8 Å². The highest BCUT2D eigenvalue weighted by molar-refractivity contribution is 7.23. The van der Waals surface area contributed by atoms with Crippen molar-refractivity contribution in [2.45, 2.75) is 70.9 Å². The quantitative estimate of drug-likeness (QED) is 0.237. The van der Waals surface area contributed by atoms with E-state index in [1.807, 2.05) is 19.0 Å². The predicted octanol–water partition coefficient (Wildman–Crippen LogP) is 6.21. The van der Waals surface area contributed by atoms with Crippen LogP contribution in [0.5, 0.6) is 0 Å². The number of nitriles is 1. The highest BCUT2D eigenvalue weighted by atomic mass is 32.1. The summed E-state index contributed by atoms with van der Waals surface area (Å²) in [6, 6.07) is 4.51. The van der Waals surface area contributed by atoms with Gasteiger partial charge in [-0.1, -0.05) is 0 Å². The molecule has 0 bridgehead atoms. The van der Waals surface area contributed by atoms with E-state index in [9.17, 15) is 14.9 Å². The number of ether oxygens (including phenoxy) is 2. The Kier molecular flexibility index (Phi) is 8.97. The third kappa shape index (κ3) is 6.30. The number of amides is 2. The number of thiophene rings is 1. The Hall–Kier alpha value is -4.65. The van der Waals surface area contributed by atoms with Crippen LogP contribution in [0, 0.1) is 23.0 Å². The predicted molar refractivity (Wildman–Crippen MR) is 192 cm³/mol. The number of rotatable bonds is 6. The maximum Gasteiger partial charge on any atom is 0.412 e. The topological polar surface area (TPSA) is 136 Å². The van der Waals surface area contributed by atoms with Gasteiger partial charge in [0.05, 0.1) is 24.2 Å². The Balaban J connectivity index is 1.45. The molecule has 0 spiro atoms. The van der Waals surface area contributed by atoms with Crippen molar-refractivity contribution in [3.8, 4) is 17.2 Å². The molecule has 15 heteroatoms. The van der Waals surface area contributed by atoms with Crippen LogP contribution in [0.2, 0.25) is 0 Å². The number of fused-ring (bicyclic) bond motifs is 4. The van der Waals surface area contributed by atoms with Crippen molar-refractivity contribution in [1.82, 2.24) is 19.8 Å². The van der Waals surface area contributed by atoms with E-state index in [2.05, 4.69) is 21.6 Å². The maximum absolute atomic E-state index is 17.5. The summed E-state index contributed by atoms with van der Waals surface area (Å²) in [4.78, 5) is 41.5. The summed E-state index contributed by atoms with van der Waals surface area (Å²) in [6.45, 7) is 7.11. The van der Waals surface area contributed by atoms with Crippen molar-refractivity contribution in [2.75, 3.05) is 56.3 Å². The number of likely N-dealkylation sites (tertiary alicyclic amines) is 1. The first-order valence-electron chi connectivity index (χ1n) is 17.0. The summed E-state index contributed by atoms with van der Waals surface area (Å²) in [6.07, 6.45) is 1.46. The molecule has 0 aliphatic carbocycles. The molecule has 3 aliphatic heterocycles. The first-order valence-corrected chi connectivity index (χ1v) is 17.8. The van der Waals surface area contributed by atoms with Crippen LogP contribution in [0.25, 0.3) is 32.1 Å². The molecule has 7 rings (SSSR count). The second-order valence-electron chi connectivity index (χ2n) is 14.5. The summed E-state index contributed by atoms with van der Waals surface area (Å²) in [5.41, 5.74) is -0.0418. The number of hydrogen-bond donors (Lipinski definition) is 2. The number of nitrogens with zero attached hydrogens (tertiary/aromatic N) is 6. The van der Waals surface area contributed by atoms with Gasteiger partial charge >= 0.3 is 6.09 Å². The minimum absolute atomic E-state index is 0.0139. The highest BCUT2D eigenvalue weighted by Crippen LogP contribution is 2.48. The van der Waals surface area contributed by atoms with Crippen LogP contribution in [0.4, 0.5) is 30.3 Å². The van der Waals surface area contributed by atoms with Crippen LogP contribution in [-0.2, 0) is 27.5 Å². The van der Waals surface area contributed by atoms with Crippen molar-refractivity contribution < 1.29 is 27.8 Å². The summed E-state index contributed by atoms with van der Waals surface area (Å²) >= 11 is 1.07. The minimum atomic E-state index is -0.795. The Bertz CT molecular complexity index is 2120. The maximum atomic E-state index is 17.5. The molecular formula is C36H40F2N8O4S. The number of halogens is 2. The third-order valence-corrected chi connectivity index (χ3v) is 10.8. The number of nitrogens with one attached hydrogen (secondary N) is 2. The number of anilines is 3. The molecule has 5 heterocycles. The van der Waals surface area contributed by atoms with Crippen LogP contribution in [0.3, 0.4) is 0 Å². The molecule has 12 nitrogen and oxygen atoms in total. The number of likely N-dealkylation sites (N-methyl/N-ethyl adjacent to an activating group) is 2. The van der Waals surface area contributed by atoms with E-state index in [4.69, 9.17) is 19.4 Å². The van der Waals surface area contributed by atoms with Gasteiger partial charge in [0.25, 0.3) is 0 Å². The van der Waals surface area contributed by atoms with E-state index in [1.165, 1.54) is 12.1 Å². The normalized spacial score (nSPS) is 19.3. The van der Waals surface area contributed by atoms with Crippen LogP contribution in [-0.4, -0.2) is 90.2 Å². The van der Waals surface area contributed by atoms with E-state index < -0.39 is 29.4 Å². The van der Waals surface area contributed by atoms with Gasteiger partial charge in [-0.05, 0) is 77.4 Å². The molecule has 2 aromatic carbocycles. The standard InChI is InChI=1S/C36H40F2N8O4S/c1-36(2,3)50-35(48)43-32-19(14-39)25-24(51-32)10-9-22(37)28(25)26-20-16-49-17-21(20)27-30(29(26)38)41-34(46-13-11-18(15-46)44(4)5)42-31(27)40-23-8-7-12-45(6)33(23)47/h9-10,18,23H,7-8,11-13,15-17H2,1-6H3,(H,43,48)(H,40,41,42)/t18-,23+/m0/s1. The smallest absolute Gasteiger partial charge is 0.412 e. The summed E-state index contributed by atoms with van der Waals surface area (Å²) < 4.78 is 45.5. The zero-order chi connectivity index (χ0) is 36.4. The average Bonchev–Trinajstić information content (AvgIpc) is 3.82. The van der Waals surface area contributed by atoms with E-state index in [1.54, 1.807) is 32.7 Å². The van der Waals surface area contributed by atoms with Crippen LogP contribution < -0.4 is 15.5 Å². The van der Waals surface area contributed by atoms with Gasteiger partial charge < -0.3 is 29.5 Å². The number of aromatic nitrogens is 2. The van der Waals surface area contributed by atoms with Crippen LogP contribution in [0.1, 0.15) is 56.7 Å². The van der Waals surface area contributed by atoms with Gasteiger partial charge in [-0.2, -0.15) is 10.2 Å². The van der Waals surface area contributed by atoms with Gasteiger partial charge in [-0.15, -0.1) is 11.3 Å². The third-order valence-electron chi connectivity index (χ3n) is 9.71. The number of carbonyl (C=O) groups excluding carboxylic acids is 2. The Labute approximate surface area is 298 Å². The van der Waals surface area contributed by atoms with Crippen LogP contribution >= 0.6 is 11.3 Å². The molecule has 3 aliphatic rings. The van der Waals surface area contributed by atoms with Gasteiger partial charge in [0.2, 0.25) is 11.9 Å². The summed E-state index contributed by atoms with van der Waals surface area (Å²) in [5, 5.41) is 17.0. The lowest BCUT2D eigenvalue weighted by atomic mass is 9.90. The van der Waals surface area contributed by atoms with Crippen molar-refractivity contribution in [3.63, 3.8) is 0 Å². The lowest BCUT2D eigenvalue weighted by molar-refractivity contribution is -0.132. The Morgan fingerprint density at radius 3 is 2.59 bits per heavy atom. The molecule has 2 fully saturated rings. The summed E-state index contributed by atoms with van der Waals surface area (Å²) in [7, 11) is 5.77. The molecule has 0 radical (unpaired) electrons. The average molecular weight is 719 g/mol. The van der Waals surface area contributed by atoms with Crippen molar-refractivity contribution in [3.05, 3.63) is 40.5 Å². The van der Waals surface area contributed by atoms with Crippen molar-refractivity contribution in [1.29, 1.82) is 5.26 Å².